The Morgan fingerprint density at radius 3 is 2.39 bits per heavy atom. The van der Waals surface area contributed by atoms with Gasteiger partial charge in [0.1, 0.15) is 0 Å². The summed E-state index contributed by atoms with van der Waals surface area (Å²) in [6, 6.07) is 12.4. The van der Waals surface area contributed by atoms with Crippen LogP contribution < -0.4 is 4.90 Å². The first-order chi connectivity index (χ1) is 14.2. The van der Waals surface area contributed by atoms with Crippen molar-refractivity contribution in [1.82, 2.24) is 9.88 Å². The van der Waals surface area contributed by atoms with Crippen LogP contribution in [-0.4, -0.2) is 57.1 Å². The predicted molar refractivity (Wildman–Crippen MR) is 130 cm³/mol. The van der Waals surface area contributed by atoms with Gasteiger partial charge in [0.25, 0.3) is 0 Å². The lowest BCUT2D eigenvalue weighted by Gasteiger charge is -2.22. The van der Waals surface area contributed by atoms with Crippen molar-refractivity contribution in [3.05, 3.63) is 53.6 Å². The van der Waals surface area contributed by atoms with Crippen LogP contribution in [-0.2, 0) is 14.6 Å². The molecule has 9 heteroatoms. The number of sulfone groups is 1. The Kier molecular flexibility index (Phi) is 8.59. The molecule has 0 N–H and O–H groups in total. The fourth-order valence-corrected chi connectivity index (χ4v) is 5.64. The third kappa shape index (κ3) is 6.26. The highest BCUT2D eigenvalue weighted by Gasteiger charge is 2.23. The van der Waals surface area contributed by atoms with Crippen molar-refractivity contribution in [1.29, 1.82) is 0 Å². The lowest BCUT2D eigenvalue weighted by Crippen LogP contribution is -2.37. The monoisotopic (exact) mass is 481 g/mol. The quantitative estimate of drug-likeness (QED) is 0.484. The highest BCUT2D eigenvalue weighted by atomic mass is 35.5. The second-order valence-corrected chi connectivity index (χ2v) is 10.8. The molecule has 6 nitrogen and oxygen atoms in total. The topological polar surface area (TPSA) is 70.6 Å². The Bertz CT molecular complexity index is 1150. The van der Waals surface area contributed by atoms with E-state index < -0.39 is 9.84 Å². The minimum atomic E-state index is -3.51. The van der Waals surface area contributed by atoms with Crippen LogP contribution in [0.4, 0.5) is 5.13 Å². The molecule has 31 heavy (non-hydrogen) atoms. The summed E-state index contributed by atoms with van der Waals surface area (Å²) in [7, 11) is 0.364. The average molecular weight is 482 g/mol. The Morgan fingerprint density at radius 1 is 1.06 bits per heavy atom. The zero-order chi connectivity index (χ0) is 21.9. The lowest BCUT2D eigenvalue weighted by molar-refractivity contribution is -0.118. The number of carbonyl (C=O) groups is 1. The fraction of sp³-hybridized carbons (Fsp3) is 0.364. The highest BCUT2D eigenvalue weighted by Crippen LogP contribution is 2.32. The number of thiazole rings is 1. The van der Waals surface area contributed by atoms with Gasteiger partial charge >= 0.3 is 0 Å². The first-order valence-corrected chi connectivity index (χ1v) is 12.2. The van der Waals surface area contributed by atoms with Crippen molar-refractivity contribution < 1.29 is 13.2 Å². The van der Waals surface area contributed by atoms with E-state index in [1.165, 1.54) is 11.3 Å². The first-order valence-electron chi connectivity index (χ1n) is 9.78. The maximum absolute atomic E-state index is 13.1. The number of hydrogen-bond acceptors (Lipinski definition) is 6. The summed E-state index contributed by atoms with van der Waals surface area (Å²) in [6.07, 6.45) is -0.0847. The Labute approximate surface area is 194 Å². The number of carbonyl (C=O) groups excluding carboxylic acids is 1. The zero-order valence-electron chi connectivity index (χ0n) is 18.2. The third-order valence-electron chi connectivity index (χ3n) is 4.81. The van der Waals surface area contributed by atoms with Gasteiger partial charge in [-0.3, -0.25) is 9.69 Å². The van der Waals surface area contributed by atoms with E-state index in [0.29, 0.717) is 18.2 Å². The normalized spacial score (nSPS) is 11.5. The van der Waals surface area contributed by atoms with Gasteiger partial charge in [0.2, 0.25) is 5.91 Å². The summed E-state index contributed by atoms with van der Waals surface area (Å²) >= 11 is 1.47. The summed E-state index contributed by atoms with van der Waals surface area (Å²) in [4.78, 5) is 21.6. The van der Waals surface area contributed by atoms with E-state index >= 15 is 0 Å². The van der Waals surface area contributed by atoms with Gasteiger partial charge in [-0.25, -0.2) is 13.4 Å². The van der Waals surface area contributed by atoms with Gasteiger partial charge in [-0.05, 0) is 57.3 Å². The van der Waals surface area contributed by atoms with Gasteiger partial charge in [-0.15, -0.1) is 12.4 Å². The minimum Gasteiger partial charge on any atom is -0.308 e. The van der Waals surface area contributed by atoms with Crippen LogP contribution in [0.15, 0.2) is 47.4 Å². The number of fused-ring (bicyclic) bond motifs is 1. The van der Waals surface area contributed by atoms with E-state index in [4.69, 9.17) is 4.98 Å². The SMILES string of the molecule is Cc1cc(C)c2nc(N(CCN(C)C)C(=O)CCS(=O)(=O)c3ccccc3)sc2c1.Cl. The zero-order valence-corrected chi connectivity index (χ0v) is 20.6. The molecule has 0 bridgehead atoms. The maximum atomic E-state index is 13.1. The standard InChI is InChI=1S/C22H27N3O3S2.ClH/c1-16-14-17(2)21-19(15-16)29-22(23-21)25(12-11-24(3)4)20(26)10-13-30(27,28)18-8-6-5-7-9-18;/h5-9,14-15H,10-13H2,1-4H3;1H. The molecule has 0 fully saturated rings. The van der Waals surface area contributed by atoms with Crippen molar-refractivity contribution in [3.8, 4) is 0 Å². The molecular formula is C22H28ClN3O3S2. The smallest absolute Gasteiger partial charge is 0.229 e. The van der Waals surface area contributed by atoms with Crippen LogP contribution >= 0.6 is 23.7 Å². The molecule has 0 aliphatic rings. The van der Waals surface area contributed by atoms with Crippen LogP contribution in [0.5, 0.6) is 0 Å². The molecule has 1 aromatic heterocycles. The van der Waals surface area contributed by atoms with Gasteiger partial charge in [-0.1, -0.05) is 35.6 Å². The summed E-state index contributed by atoms with van der Waals surface area (Å²) in [5, 5.41) is 0.614. The van der Waals surface area contributed by atoms with Gasteiger partial charge in [0.15, 0.2) is 15.0 Å². The molecule has 0 atom stereocenters. The van der Waals surface area contributed by atoms with Crippen molar-refractivity contribution in [3.63, 3.8) is 0 Å². The Hall–Kier alpha value is -2.00. The number of rotatable bonds is 8. The average Bonchev–Trinajstić information content (AvgIpc) is 3.11. The molecule has 1 heterocycles. The van der Waals surface area contributed by atoms with E-state index in [0.717, 1.165) is 21.3 Å². The molecule has 168 valence electrons. The number of amides is 1. The Morgan fingerprint density at radius 2 is 1.74 bits per heavy atom. The minimum absolute atomic E-state index is 0. The number of benzene rings is 2. The van der Waals surface area contributed by atoms with Crippen molar-refractivity contribution in [2.24, 2.45) is 0 Å². The van der Waals surface area contributed by atoms with Crippen LogP contribution in [0.3, 0.4) is 0 Å². The molecule has 0 radical (unpaired) electrons. The molecule has 2 aromatic carbocycles. The molecule has 0 spiro atoms. The fourth-order valence-electron chi connectivity index (χ4n) is 3.20. The van der Waals surface area contributed by atoms with E-state index in [-0.39, 0.29) is 35.4 Å². The van der Waals surface area contributed by atoms with Gasteiger partial charge in [0.05, 0.1) is 20.9 Å². The third-order valence-corrected chi connectivity index (χ3v) is 7.57. The van der Waals surface area contributed by atoms with Crippen LogP contribution in [0, 0.1) is 13.8 Å². The molecule has 1 amide bonds. The molecule has 0 aliphatic heterocycles. The number of anilines is 1. The summed E-state index contributed by atoms with van der Waals surface area (Å²) < 4.78 is 26.2. The number of halogens is 1. The molecule has 3 rings (SSSR count). The van der Waals surface area contributed by atoms with E-state index in [2.05, 4.69) is 12.1 Å². The van der Waals surface area contributed by atoms with Crippen molar-refractivity contribution in [2.75, 3.05) is 37.8 Å². The van der Waals surface area contributed by atoms with Crippen LogP contribution in [0.1, 0.15) is 17.5 Å². The summed E-state index contributed by atoms with van der Waals surface area (Å²) in [5.74, 6) is -0.457. The van der Waals surface area contributed by atoms with E-state index in [9.17, 15) is 13.2 Å². The van der Waals surface area contributed by atoms with Crippen LogP contribution in [0.25, 0.3) is 10.2 Å². The van der Waals surface area contributed by atoms with Gasteiger partial charge < -0.3 is 4.90 Å². The molecule has 0 unspecified atom stereocenters. The van der Waals surface area contributed by atoms with Crippen molar-refractivity contribution in [2.45, 2.75) is 25.2 Å². The number of nitrogens with zero attached hydrogens (tertiary/aromatic N) is 3. The van der Waals surface area contributed by atoms with E-state index in [1.54, 1.807) is 35.2 Å². The summed E-state index contributed by atoms with van der Waals surface area (Å²) in [6.45, 7) is 5.16. The predicted octanol–water partition coefficient (Wildman–Crippen LogP) is 4.09. The summed E-state index contributed by atoms with van der Waals surface area (Å²) in [5.41, 5.74) is 3.11. The van der Waals surface area contributed by atoms with Gasteiger partial charge in [0, 0.05) is 19.5 Å². The molecule has 3 aromatic rings. The molecule has 0 saturated carbocycles. The molecule has 0 saturated heterocycles. The molecular weight excluding hydrogens is 454 g/mol. The second kappa shape index (κ2) is 10.5. The van der Waals surface area contributed by atoms with Crippen molar-refractivity contribution >= 4 is 54.8 Å². The lowest BCUT2D eigenvalue weighted by atomic mass is 10.1. The highest BCUT2D eigenvalue weighted by molar-refractivity contribution is 7.91. The van der Waals surface area contributed by atoms with Gasteiger partial charge in [-0.2, -0.15) is 0 Å². The maximum Gasteiger partial charge on any atom is 0.229 e. The number of hydrogen-bond donors (Lipinski definition) is 0. The second-order valence-electron chi connectivity index (χ2n) is 7.66. The van der Waals surface area contributed by atoms with Crippen LogP contribution in [0.2, 0.25) is 0 Å². The largest absolute Gasteiger partial charge is 0.308 e. The van der Waals surface area contributed by atoms with E-state index in [1.807, 2.05) is 32.8 Å². The Balaban J connectivity index is 0.00000341. The number of aromatic nitrogens is 1. The molecule has 0 aliphatic carbocycles. The number of likely N-dealkylation sites (N-methyl/N-ethyl adjacent to an activating group) is 1. The first kappa shape index (κ1) is 25.3. The number of aryl methyl sites for hydroxylation is 2.